The Labute approximate surface area is 103 Å². The molecule has 1 aromatic carbocycles. The van der Waals surface area contributed by atoms with Gasteiger partial charge in [0, 0.05) is 4.47 Å². The summed E-state index contributed by atoms with van der Waals surface area (Å²) in [5.41, 5.74) is 2.32. The zero-order chi connectivity index (χ0) is 11.0. The van der Waals surface area contributed by atoms with Crippen LogP contribution in [0.25, 0.3) is 0 Å². The van der Waals surface area contributed by atoms with Gasteiger partial charge in [-0.3, -0.25) is 10.3 Å². The summed E-state index contributed by atoms with van der Waals surface area (Å²) >= 11 is 3.44. The summed E-state index contributed by atoms with van der Waals surface area (Å²) in [5, 5.41) is 3.47. The first-order valence-corrected chi connectivity index (χ1v) is 6.06. The number of benzene rings is 1. The van der Waals surface area contributed by atoms with Gasteiger partial charge in [-0.15, -0.1) is 0 Å². The minimum absolute atomic E-state index is 0.0838. The van der Waals surface area contributed by atoms with Crippen LogP contribution >= 0.6 is 15.9 Å². The van der Waals surface area contributed by atoms with Gasteiger partial charge in [0.15, 0.2) is 0 Å². The maximum Gasteiger partial charge on any atom is 0.126 e. The highest BCUT2D eigenvalue weighted by molar-refractivity contribution is 9.10. The molecule has 2 aliphatic rings. The lowest BCUT2D eigenvalue weighted by molar-refractivity contribution is 0.603. The van der Waals surface area contributed by atoms with Crippen molar-refractivity contribution >= 4 is 21.6 Å². The molecule has 1 aliphatic heterocycles. The molecule has 2 atom stereocenters. The van der Waals surface area contributed by atoms with Crippen LogP contribution in [-0.4, -0.2) is 11.8 Å². The van der Waals surface area contributed by atoms with Crippen LogP contribution in [0.5, 0.6) is 0 Å². The lowest BCUT2D eigenvalue weighted by Crippen LogP contribution is -2.29. The van der Waals surface area contributed by atoms with Gasteiger partial charge in [0.25, 0.3) is 0 Å². The molecule has 0 radical (unpaired) electrons. The average molecular weight is 275 g/mol. The van der Waals surface area contributed by atoms with E-state index in [0.717, 1.165) is 10.2 Å². The Hall–Kier alpha value is -1.19. The molecule has 2 unspecified atom stereocenters. The van der Waals surface area contributed by atoms with Crippen molar-refractivity contribution < 1.29 is 0 Å². The number of fused-ring (bicyclic) bond motifs is 1. The molecular formula is C13H11BrN2. The van der Waals surface area contributed by atoms with Crippen LogP contribution in [0.3, 0.4) is 0 Å². The van der Waals surface area contributed by atoms with E-state index in [1.54, 1.807) is 0 Å². The highest BCUT2D eigenvalue weighted by atomic mass is 79.9. The number of hydrogen-bond donors (Lipinski definition) is 1. The molecule has 16 heavy (non-hydrogen) atoms. The van der Waals surface area contributed by atoms with Gasteiger partial charge in [-0.1, -0.05) is 46.3 Å². The third-order valence-electron chi connectivity index (χ3n) is 2.80. The summed E-state index contributed by atoms with van der Waals surface area (Å²) in [5.74, 6) is 0. The van der Waals surface area contributed by atoms with E-state index in [-0.39, 0.29) is 12.2 Å². The molecule has 1 aromatic rings. The SMILES string of the molecule is Brc1ccc(C2N=C3C=CC=CC3N2)cc1. The van der Waals surface area contributed by atoms with E-state index >= 15 is 0 Å². The highest BCUT2D eigenvalue weighted by Gasteiger charge is 2.25. The Bertz CT molecular complexity index is 485. The normalized spacial score (nSPS) is 26.7. The Kier molecular flexibility index (Phi) is 2.50. The molecule has 3 rings (SSSR count). The minimum Gasteiger partial charge on any atom is -0.280 e. The number of rotatable bonds is 1. The Morgan fingerprint density at radius 2 is 1.94 bits per heavy atom. The van der Waals surface area contributed by atoms with Crippen LogP contribution in [0.2, 0.25) is 0 Å². The lowest BCUT2D eigenvalue weighted by atomic mass is 10.1. The van der Waals surface area contributed by atoms with Crippen molar-refractivity contribution in [3.63, 3.8) is 0 Å². The molecule has 2 nitrogen and oxygen atoms in total. The van der Waals surface area contributed by atoms with Crippen molar-refractivity contribution in [1.29, 1.82) is 0 Å². The lowest BCUT2D eigenvalue weighted by Gasteiger charge is -2.12. The fraction of sp³-hybridized carbons (Fsp3) is 0.154. The molecular weight excluding hydrogens is 264 g/mol. The number of halogens is 1. The van der Waals surface area contributed by atoms with E-state index in [0.29, 0.717) is 0 Å². The van der Waals surface area contributed by atoms with Crippen molar-refractivity contribution in [2.75, 3.05) is 0 Å². The second kappa shape index (κ2) is 4.00. The molecule has 0 fully saturated rings. The van der Waals surface area contributed by atoms with Gasteiger partial charge in [-0.05, 0) is 23.8 Å². The summed E-state index contributed by atoms with van der Waals surface area (Å²) in [6.07, 6.45) is 8.37. The summed E-state index contributed by atoms with van der Waals surface area (Å²) < 4.78 is 1.10. The molecule has 1 N–H and O–H groups in total. The van der Waals surface area contributed by atoms with Crippen molar-refractivity contribution in [1.82, 2.24) is 5.32 Å². The smallest absolute Gasteiger partial charge is 0.126 e. The molecule has 0 spiro atoms. The zero-order valence-corrected chi connectivity index (χ0v) is 10.2. The van der Waals surface area contributed by atoms with E-state index in [9.17, 15) is 0 Å². The van der Waals surface area contributed by atoms with Gasteiger partial charge in [0.1, 0.15) is 6.17 Å². The van der Waals surface area contributed by atoms with E-state index in [4.69, 9.17) is 0 Å². The van der Waals surface area contributed by atoms with E-state index in [2.05, 4.69) is 56.6 Å². The Balaban J connectivity index is 1.88. The van der Waals surface area contributed by atoms with Crippen molar-refractivity contribution in [2.45, 2.75) is 12.2 Å². The third kappa shape index (κ3) is 1.77. The summed E-state index contributed by atoms with van der Waals surface area (Å²) in [6, 6.07) is 8.56. The van der Waals surface area contributed by atoms with Crippen molar-refractivity contribution in [3.8, 4) is 0 Å². The second-order valence-electron chi connectivity index (χ2n) is 3.90. The molecule has 1 heterocycles. The predicted octanol–water partition coefficient (Wildman–Crippen LogP) is 2.99. The van der Waals surface area contributed by atoms with E-state index < -0.39 is 0 Å². The molecule has 0 saturated heterocycles. The third-order valence-corrected chi connectivity index (χ3v) is 3.33. The zero-order valence-electron chi connectivity index (χ0n) is 8.60. The van der Waals surface area contributed by atoms with Crippen LogP contribution in [0.1, 0.15) is 11.7 Å². The first-order valence-electron chi connectivity index (χ1n) is 5.27. The topological polar surface area (TPSA) is 24.4 Å². The van der Waals surface area contributed by atoms with Gasteiger partial charge < -0.3 is 0 Å². The maximum absolute atomic E-state index is 4.66. The number of nitrogens with one attached hydrogen (secondary N) is 1. The van der Waals surface area contributed by atoms with Gasteiger partial charge in [0.2, 0.25) is 0 Å². The largest absolute Gasteiger partial charge is 0.280 e. The first-order chi connectivity index (χ1) is 7.83. The molecule has 3 heteroatoms. The number of aliphatic imine (C=N–C) groups is 1. The van der Waals surface area contributed by atoms with Crippen molar-refractivity contribution in [3.05, 3.63) is 58.6 Å². The van der Waals surface area contributed by atoms with Crippen LogP contribution in [0.15, 0.2) is 58.0 Å². The highest BCUT2D eigenvalue weighted by Crippen LogP contribution is 2.24. The fourth-order valence-electron chi connectivity index (χ4n) is 1.97. The summed E-state index contributed by atoms with van der Waals surface area (Å²) in [6.45, 7) is 0. The number of hydrogen-bond acceptors (Lipinski definition) is 2. The monoisotopic (exact) mass is 274 g/mol. The molecule has 80 valence electrons. The van der Waals surface area contributed by atoms with Crippen LogP contribution < -0.4 is 5.32 Å². The van der Waals surface area contributed by atoms with Crippen LogP contribution in [0, 0.1) is 0 Å². The molecule has 0 aromatic heterocycles. The van der Waals surface area contributed by atoms with Crippen molar-refractivity contribution in [2.24, 2.45) is 4.99 Å². The minimum atomic E-state index is 0.0838. The molecule has 0 bridgehead atoms. The van der Waals surface area contributed by atoms with E-state index in [1.165, 1.54) is 5.56 Å². The first kappa shape index (κ1) is 10.00. The van der Waals surface area contributed by atoms with Crippen LogP contribution in [-0.2, 0) is 0 Å². The molecule has 0 amide bonds. The summed E-state index contributed by atoms with van der Waals surface area (Å²) in [4.78, 5) is 4.66. The number of allylic oxidation sites excluding steroid dienone is 2. The average Bonchev–Trinajstić information content (AvgIpc) is 2.73. The van der Waals surface area contributed by atoms with Gasteiger partial charge >= 0.3 is 0 Å². The van der Waals surface area contributed by atoms with Crippen LogP contribution in [0.4, 0.5) is 0 Å². The Morgan fingerprint density at radius 1 is 1.12 bits per heavy atom. The number of nitrogens with zero attached hydrogens (tertiary/aromatic N) is 1. The standard InChI is InChI=1S/C13H11BrN2/c14-10-7-5-9(6-8-10)13-15-11-3-1-2-4-12(11)16-13/h1-8,11,13,15H. The Morgan fingerprint density at radius 3 is 2.69 bits per heavy atom. The van der Waals surface area contributed by atoms with E-state index in [1.807, 2.05) is 18.2 Å². The second-order valence-corrected chi connectivity index (χ2v) is 4.81. The molecule has 0 saturated carbocycles. The van der Waals surface area contributed by atoms with Gasteiger partial charge in [-0.2, -0.15) is 0 Å². The predicted molar refractivity (Wildman–Crippen MR) is 69.5 cm³/mol. The fourth-order valence-corrected chi connectivity index (χ4v) is 2.23. The van der Waals surface area contributed by atoms with Gasteiger partial charge in [0.05, 0.1) is 11.8 Å². The summed E-state index contributed by atoms with van der Waals surface area (Å²) in [7, 11) is 0. The van der Waals surface area contributed by atoms with Gasteiger partial charge in [-0.25, -0.2) is 0 Å². The maximum atomic E-state index is 4.66. The quantitative estimate of drug-likeness (QED) is 0.837. The molecule has 1 aliphatic carbocycles.